The number of hydrazone groups is 1. The van der Waals surface area contributed by atoms with Crippen LogP contribution in [-0.2, 0) is 15.0 Å². The van der Waals surface area contributed by atoms with Crippen molar-refractivity contribution < 1.29 is 14.4 Å². The number of carbonyl (C=O) groups excluding carboxylic acids is 3. The first-order valence-corrected chi connectivity index (χ1v) is 13.1. The molecule has 0 saturated carbocycles. The average molecular weight is 532 g/mol. The number of nitrogens with one attached hydrogen (secondary N) is 1. The monoisotopic (exact) mass is 531 g/mol. The fourth-order valence-corrected chi connectivity index (χ4v) is 6.87. The highest BCUT2D eigenvalue weighted by Crippen LogP contribution is 2.63. The van der Waals surface area contributed by atoms with Gasteiger partial charge in [-0.1, -0.05) is 78.3 Å². The number of carbonyl (C=O) groups is 3. The van der Waals surface area contributed by atoms with Gasteiger partial charge in [0.15, 0.2) is 0 Å². The van der Waals surface area contributed by atoms with Crippen LogP contribution in [-0.4, -0.2) is 23.9 Å². The quantitative estimate of drug-likeness (QED) is 0.220. The van der Waals surface area contributed by atoms with Crippen LogP contribution in [0.15, 0.2) is 108 Å². The number of para-hydroxylation sites is 1. The van der Waals surface area contributed by atoms with E-state index in [1.54, 1.807) is 42.6 Å². The molecular formula is C32H22ClN3O3. The highest BCUT2D eigenvalue weighted by Gasteiger charge is 2.68. The van der Waals surface area contributed by atoms with Crippen LogP contribution < -0.4 is 10.3 Å². The normalized spacial score (nSPS) is 24.4. The van der Waals surface area contributed by atoms with Gasteiger partial charge in [-0.05, 0) is 58.7 Å². The first kappa shape index (κ1) is 23.6. The van der Waals surface area contributed by atoms with Gasteiger partial charge < -0.3 is 0 Å². The summed E-state index contributed by atoms with van der Waals surface area (Å²) in [5.41, 5.74) is 6.40. The van der Waals surface area contributed by atoms with E-state index in [2.05, 4.69) is 10.5 Å². The predicted molar refractivity (Wildman–Crippen MR) is 149 cm³/mol. The van der Waals surface area contributed by atoms with Gasteiger partial charge in [0.25, 0.3) is 5.91 Å². The lowest BCUT2D eigenvalue weighted by Crippen LogP contribution is -2.54. The molecule has 7 heteroatoms. The average Bonchev–Trinajstić information content (AvgIpc) is 3.24. The molecule has 1 N–H and O–H groups in total. The maximum atomic E-state index is 14.3. The minimum Gasteiger partial charge on any atom is -0.274 e. The minimum atomic E-state index is -1.05. The van der Waals surface area contributed by atoms with E-state index in [9.17, 15) is 14.4 Å². The van der Waals surface area contributed by atoms with E-state index in [0.717, 1.165) is 22.3 Å². The Morgan fingerprint density at radius 1 is 0.795 bits per heavy atom. The van der Waals surface area contributed by atoms with Crippen molar-refractivity contribution in [3.63, 3.8) is 0 Å². The summed E-state index contributed by atoms with van der Waals surface area (Å²) in [6, 6.07) is 31.4. The van der Waals surface area contributed by atoms with Gasteiger partial charge in [0.2, 0.25) is 11.8 Å². The van der Waals surface area contributed by atoms with Gasteiger partial charge in [-0.2, -0.15) is 5.10 Å². The van der Waals surface area contributed by atoms with E-state index in [4.69, 9.17) is 11.6 Å². The van der Waals surface area contributed by atoms with E-state index < -0.39 is 23.2 Å². The Balaban J connectivity index is 1.40. The van der Waals surface area contributed by atoms with E-state index >= 15 is 0 Å². The Kier molecular flexibility index (Phi) is 5.28. The number of benzene rings is 4. The Bertz CT molecular complexity index is 1640. The van der Waals surface area contributed by atoms with Crippen molar-refractivity contribution in [2.75, 3.05) is 4.90 Å². The molecule has 6 nitrogen and oxygen atoms in total. The first-order valence-electron chi connectivity index (χ1n) is 12.7. The van der Waals surface area contributed by atoms with E-state index in [-0.39, 0.29) is 17.7 Å². The molecule has 1 aliphatic heterocycles. The van der Waals surface area contributed by atoms with Crippen LogP contribution in [0, 0.1) is 11.8 Å². The Morgan fingerprint density at radius 2 is 1.38 bits per heavy atom. The summed E-state index contributed by atoms with van der Waals surface area (Å²) >= 11 is 5.97. The predicted octanol–water partition coefficient (Wildman–Crippen LogP) is 5.31. The summed E-state index contributed by atoms with van der Waals surface area (Å²) in [6.07, 6.45) is 1.66. The van der Waals surface area contributed by atoms with Gasteiger partial charge in [-0.3, -0.25) is 14.4 Å². The molecule has 4 aliphatic rings. The third-order valence-corrected chi connectivity index (χ3v) is 8.49. The van der Waals surface area contributed by atoms with Crippen molar-refractivity contribution in [3.8, 4) is 0 Å². The van der Waals surface area contributed by atoms with Crippen LogP contribution in [0.1, 0.15) is 38.5 Å². The number of hydrogen-bond donors (Lipinski definition) is 1. The Morgan fingerprint density at radius 3 is 2.03 bits per heavy atom. The lowest BCUT2D eigenvalue weighted by molar-refractivity contribution is -0.122. The Labute approximate surface area is 229 Å². The van der Waals surface area contributed by atoms with Crippen LogP contribution in [0.2, 0.25) is 5.02 Å². The van der Waals surface area contributed by atoms with Crippen LogP contribution in [0.3, 0.4) is 0 Å². The van der Waals surface area contributed by atoms with Crippen molar-refractivity contribution >= 4 is 41.2 Å². The van der Waals surface area contributed by atoms with Crippen LogP contribution in [0.25, 0.3) is 0 Å². The van der Waals surface area contributed by atoms with Gasteiger partial charge in [0.05, 0.1) is 22.9 Å². The van der Waals surface area contributed by atoms with E-state index in [0.29, 0.717) is 16.3 Å². The molecule has 190 valence electrons. The Hall–Kier alpha value is -4.55. The van der Waals surface area contributed by atoms with Gasteiger partial charge in [-0.15, -0.1) is 0 Å². The third kappa shape index (κ3) is 3.28. The smallest absolute Gasteiger partial charge is 0.271 e. The summed E-state index contributed by atoms with van der Waals surface area (Å²) in [7, 11) is 0. The lowest BCUT2D eigenvalue weighted by Gasteiger charge is -2.52. The van der Waals surface area contributed by atoms with Gasteiger partial charge >= 0.3 is 0 Å². The molecule has 0 radical (unpaired) electrons. The topological polar surface area (TPSA) is 78.8 Å². The van der Waals surface area contributed by atoms with Crippen LogP contribution >= 0.6 is 11.6 Å². The van der Waals surface area contributed by atoms with Crippen molar-refractivity contribution in [2.24, 2.45) is 16.9 Å². The fraction of sp³-hybridized carbons (Fsp3) is 0.125. The molecule has 3 aliphatic carbocycles. The lowest BCUT2D eigenvalue weighted by atomic mass is 9.47. The SMILES string of the molecule is O=C(N/N=C\C12c3ccccc3C(c3ccccc31)[C@H]1C(=O)N(c3ccccc3)C(=O)[C@H]12)c1ccc(Cl)cc1. The molecule has 8 rings (SSSR count). The second kappa shape index (κ2) is 8.75. The summed E-state index contributed by atoms with van der Waals surface area (Å²) < 4.78 is 0. The highest BCUT2D eigenvalue weighted by atomic mass is 35.5. The molecule has 0 unspecified atom stereocenters. The molecular weight excluding hydrogens is 510 g/mol. The van der Waals surface area contributed by atoms with Gasteiger partial charge in [0, 0.05) is 22.7 Å². The first-order chi connectivity index (χ1) is 19.0. The maximum absolute atomic E-state index is 14.3. The summed E-state index contributed by atoms with van der Waals surface area (Å²) in [5, 5.41) is 4.96. The van der Waals surface area contributed by atoms with E-state index in [1.807, 2.05) is 66.7 Å². The standard InChI is InChI=1S/C32H22ClN3O3/c33-20-16-14-19(15-17-20)29(37)35-34-18-32-24-12-6-4-10-22(24)26(23-11-5-7-13-25(23)32)27-28(32)31(39)36(30(27)38)21-8-2-1-3-9-21/h1-18,26-28H,(H,35,37)/b34-18-/t26?,27-,28+,32?/m1/s1. The maximum Gasteiger partial charge on any atom is 0.271 e. The van der Waals surface area contributed by atoms with Crippen molar-refractivity contribution in [1.82, 2.24) is 5.43 Å². The molecule has 39 heavy (non-hydrogen) atoms. The number of amides is 3. The molecule has 1 heterocycles. The second-order valence-corrected chi connectivity index (χ2v) is 10.5. The third-order valence-electron chi connectivity index (χ3n) is 8.24. The number of nitrogens with zero attached hydrogens (tertiary/aromatic N) is 2. The fourth-order valence-electron chi connectivity index (χ4n) is 6.74. The summed E-state index contributed by atoms with van der Waals surface area (Å²) in [4.78, 5) is 42.5. The van der Waals surface area contributed by atoms with Crippen molar-refractivity contribution in [2.45, 2.75) is 11.3 Å². The second-order valence-electron chi connectivity index (χ2n) is 10.1. The number of imide groups is 1. The molecule has 4 aromatic rings. The molecule has 1 fully saturated rings. The van der Waals surface area contributed by atoms with Crippen molar-refractivity contribution in [1.29, 1.82) is 0 Å². The zero-order chi connectivity index (χ0) is 26.7. The largest absolute Gasteiger partial charge is 0.274 e. The van der Waals surface area contributed by atoms with E-state index in [1.165, 1.54) is 4.90 Å². The number of hydrogen-bond acceptors (Lipinski definition) is 4. The molecule has 2 bridgehead atoms. The molecule has 4 aromatic carbocycles. The molecule has 0 aromatic heterocycles. The van der Waals surface area contributed by atoms with Crippen LogP contribution in [0.4, 0.5) is 5.69 Å². The summed E-state index contributed by atoms with van der Waals surface area (Å²) in [5.74, 6) is -2.45. The zero-order valence-corrected chi connectivity index (χ0v) is 21.4. The van der Waals surface area contributed by atoms with Gasteiger partial charge in [0.1, 0.15) is 0 Å². The van der Waals surface area contributed by atoms with Crippen LogP contribution in [0.5, 0.6) is 0 Å². The number of anilines is 1. The molecule has 0 spiro atoms. The summed E-state index contributed by atoms with van der Waals surface area (Å²) in [6.45, 7) is 0. The molecule has 2 atom stereocenters. The minimum absolute atomic E-state index is 0.215. The number of halogens is 1. The zero-order valence-electron chi connectivity index (χ0n) is 20.6. The molecule has 1 saturated heterocycles. The van der Waals surface area contributed by atoms with Crippen molar-refractivity contribution in [3.05, 3.63) is 136 Å². The highest BCUT2D eigenvalue weighted by molar-refractivity contribution is 6.30. The molecule has 3 amide bonds. The number of rotatable bonds is 4. The van der Waals surface area contributed by atoms with Gasteiger partial charge in [-0.25, -0.2) is 10.3 Å².